The average molecular weight is 346 g/mol. The number of hydrogen-bond donors (Lipinski definition) is 1. The molecule has 2 aliphatic rings. The Morgan fingerprint density at radius 2 is 2.00 bits per heavy atom. The molecule has 0 spiro atoms. The van der Waals surface area contributed by atoms with Crippen molar-refractivity contribution >= 4 is 17.7 Å². The Kier molecular flexibility index (Phi) is 5.65. The summed E-state index contributed by atoms with van der Waals surface area (Å²) in [6.45, 7) is 0.353. The van der Waals surface area contributed by atoms with Crippen molar-refractivity contribution in [2.45, 2.75) is 51.2 Å². The number of nitrogens with one attached hydrogen (secondary N) is 1. The van der Waals surface area contributed by atoms with Crippen LogP contribution in [0.2, 0.25) is 0 Å². The highest BCUT2D eigenvalue weighted by Crippen LogP contribution is 2.33. The minimum absolute atomic E-state index is 0.0447. The van der Waals surface area contributed by atoms with Crippen LogP contribution in [-0.4, -0.2) is 23.7 Å². The lowest BCUT2D eigenvalue weighted by Gasteiger charge is -2.19. The number of non-ortho nitro benzene ring substituents is 1. The Morgan fingerprint density at radius 3 is 2.72 bits per heavy atom. The standard InChI is InChI=1S/C18H22N2O5/c21-17(19-15-5-3-1-2-4-6-15)8-7-13-9-16(20(22)23)10-14-11-24-12-25-18(13)14/h7-10,15H,1-6,11-12H2,(H,19,21)/b8-7+. The number of nitro benzene ring substituents is 1. The third kappa shape index (κ3) is 4.57. The zero-order chi connectivity index (χ0) is 17.6. The van der Waals surface area contributed by atoms with Gasteiger partial charge in [-0.2, -0.15) is 0 Å². The maximum Gasteiger partial charge on any atom is 0.270 e. The summed E-state index contributed by atoms with van der Waals surface area (Å²) in [6, 6.07) is 3.07. The molecule has 1 N–H and O–H groups in total. The number of carbonyl (C=O) groups excluding carboxylic acids is 1. The molecule has 134 valence electrons. The molecule has 1 heterocycles. The molecule has 7 nitrogen and oxygen atoms in total. The van der Waals surface area contributed by atoms with Gasteiger partial charge in [0.25, 0.3) is 5.69 Å². The van der Waals surface area contributed by atoms with Gasteiger partial charge in [-0.3, -0.25) is 14.9 Å². The second-order valence-corrected chi connectivity index (χ2v) is 6.42. The van der Waals surface area contributed by atoms with E-state index in [2.05, 4.69) is 5.32 Å². The summed E-state index contributed by atoms with van der Waals surface area (Å²) < 4.78 is 10.6. The Balaban J connectivity index is 1.74. The minimum atomic E-state index is -0.460. The number of nitro groups is 1. The number of amides is 1. The van der Waals surface area contributed by atoms with Crippen LogP contribution in [0.3, 0.4) is 0 Å². The van der Waals surface area contributed by atoms with Crippen molar-refractivity contribution in [3.05, 3.63) is 39.4 Å². The fourth-order valence-electron chi connectivity index (χ4n) is 3.30. The number of ether oxygens (including phenoxy) is 2. The van der Waals surface area contributed by atoms with Gasteiger partial charge in [-0.25, -0.2) is 0 Å². The van der Waals surface area contributed by atoms with Crippen molar-refractivity contribution in [2.75, 3.05) is 6.79 Å². The van der Waals surface area contributed by atoms with Gasteiger partial charge in [-0.15, -0.1) is 0 Å². The van der Waals surface area contributed by atoms with E-state index < -0.39 is 4.92 Å². The fourth-order valence-corrected chi connectivity index (χ4v) is 3.30. The highest BCUT2D eigenvalue weighted by Gasteiger charge is 2.20. The van der Waals surface area contributed by atoms with Crippen molar-refractivity contribution < 1.29 is 19.2 Å². The third-order valence-electron chi connectivity index (χ3n) is 4.55. The van der Waals surface area contributed by atoms with Crippen LogP contribution in [0.1, 0.15) is 49.7 Å². The van der Waals surface area contributed by atoms with Crippen molar-refractivity contribution in [1.29, 1.82) is 0 Å². The highest BCUT2D eigenvalue weighted by molar-refractivity contribution is 5.92. The molecule has 1 aliphatic carbocycles. The summed E-state index contributed by atoms with van der Waals surface area (Å²) in [5.41, 5.74) is 1.09. The first-order valence-corrected chi connectivity index (χ1v) is 8.64. The van der Waals surface area contributed by atoms with Gasteiger partial charge in [0, 0.05) is 35.4 Å². The Hall–Kier alpha value is -2.41. The molecular formula is C18H22N2O5. The summed E-state index contributed by atoms with van der Waals surface area (Å²) >= 11 is 0. The van der Waals surface area contributed by atoms with E-state index in [0.29, 0.717) is 16.9 Å². The molecule has 0 atom stereocenters. The molecule has 0 unspecified atom stereocenters. The Labute approximate surface area is 146 Å². The van der Waals surface area contributed by atoms with Crippen molar-refractivity contribution in [3.63, 3.8) is 0 Å². The smallest absolute Gasteiger partial charge is 0.270 e. The van der Waals surface area contributed by atoms with Crippen molar-refractivity contribution in [2.24, 2.45) is 0 Å². The second kappa shape index (κ2) is 8.11. The fraction of sp³-hybridized carbons (Fsp3) is 0.500. The van der Waals surface area contributed by atoms with E-state index in [1.807, 2.05) is 0 Å². The topological polar surface area (TPSA) is 90.7 Å². The van der Waals surface area contributed by atoms with Crippen molar-refractivity contribution in [1.82, 2.24) is 5.32 Å². The largest absolute Gasteiger partial charge is 0.467 e. The SMILES string of the molecule is O=C(/C=C/c1cc([N+](=O)[O-])cc2c1OCOC2)NC1CCCCCC1. The van der Waals surface area contributed by atoms with E-state index in [9.17, 15) is 14.9 Å². The Bertz CT molecular complexity index is 678. The summed E-state index contributed by atoms with van der Waals surface area (Å²) in [4.78, 5) is 22.8. The number of hydrogen-bond acceptors (Lipinski definition) is 5. The van der Waals surface area contributed by atoms with Gasteiger partial charge in [0.15, 0.2) is 6.79 Å². The number of fused-ring (bicyclic) bond motifs is 1. The van der Waals surface area contributed by atoms with E-state index in [1.165, 1.54) is 31.1 Å². The molecular weight excluding hydrogens is 324 g/mol. The van der Waals surface area contributed by atoms with Crippen LogP contribution < -0.4 is 10.1 Å². The number of carbonyl (C=O) groups is 1. The molecule has 1 fully saturated rings. The molecule has 1 saturated carbocycles. The highest BCUT2D eigenvalue weighted by atomic mass is 16.7. The van der Waals surface area contributed by atoms with Gasteiger partial charge in [0.1, 0.15) is 5.75 Å². The molecule has 1 aromatic rings. The van der Waals surface area contributed by atoms with Gasteiger partial charge in [-0.1, -0.05) is 25.7 Å². The minimum Gasteiger partial charge on any atom is -0.467 e. The predicted molar refractivity (Wildman–Crippen MR) is 92.0 cm³/mol. The predicted octanol–water partition coefficient (Wildman–Crippen LogP) is 3.31. The monoisotopic (exact) mass is 346 g/mol. The lowest BCUT2D eigenvalue weighted by molar-refractivity contribution is -0.385. The normalized spacial score (nSPS) is 18.2. The number of nitrogens with zero attached hydrogens (tertiary/aromatic N) is 1. The first kappa shape index (κ1) is 17.4. The van der Waals surface area contributed by atoms with Crippen LogP contribution >= 0.6 is 0 Å². The number of rotatable bonds is 4. The lowest BCUT2D eigenvalue weighted by atomic mass is 10.1. The molecule has 1 aromatic carbocycles. The molecule has 1 amide bonds. The van der Waals surface area contributed by atoms with Crippen LogP contribution in [0.25, 0.3) is 6.08 Å². The molecule has 0 saturated heterocycles. The van der Waals surface area contributed by atoms with Gasteiger partial charge >= 0.3 is 0 Å². The van der Waals surface area contributed by atoms with E-state index in [4.69, 9.17) is 9.47 Å². The zero-order valence-corrected chi connectivity index (χ0v) is 14.0. The van der Waals surface area contributed by atoms with Gasteiger partial charge in [0.05, 0.1) is 11.5 Å². The summed E-state index contributed by atoms with van der Waals surface area (Å²) in [5.74, 6) is 0.356. The molecule has 1 aliphatic heterocycles. The quantitative estimate of drug-likeness (QED) is 0.391. The van der Waals surface area contributed by atoms with E-state index in [0.717, 1.165) is 25.7 Å². The molecule has 25 heavy (non-hydrogen) atoms. The molecule has 0 bridgehead atoms. The zero-order valence-electron chi connectivity index (χ0n) is 14.0. The van der Waals surface area contributed by atoms with Crippen LogP contribution in [0, 0.1) is 10.1 Å². The van der Waals surface area contributed by atoms with E-state index in [-0.39, 0.29) is 31.0 Å². The molecule has 0 radical (unpaired) electrons. The van der Waals surface area contributed by atoms with Crippen LogP contribution in [0.5, 0.6) is 5.75 Å². The molecule has 7 heteroatoms. The van der Waals surface area contributed by atoms with Crippen LogP contribution in [-0.2, 0) is 16.1 Å². The van der Waals surface area contributed by atoms with Gasteiger partial charge in [-0.05, 0) is 18.9 Å². The first-order valence-electron chi connectivity index (χ1n) is 8.64. The average Bonchev–Trinajstić information content (AvgIpc) is 2.88. The van der Waals surface area contributed by atoms with E-state index >= 15 is 0 Å². The van der Waals surface area contributed by atoms with Crippen molar-refractivity contribution in [3.8, 4) is 5.75 Å². The van der Waals surface area contributed by atoms with Crippen LogP contribution in [0.15, 0.2) is 18.2 Å². The van der Waals surface area contributed by atoms with Crippen LogP contribution in [0.4, 0.5) is 5.69 Å². The second-order valence-electron chi connectivity index (χ2n) is 6.42. The Morgan fingerprint density at radius 1 is 1.24 bits per heavy atom. The molecule has 3 rings (SSSR count). The first-order chi connectivity index (χ1) is 12.1. The van der Waals surface area contributed by atoms with Gasteiger partial charge in [0.2, 0.25) is 5.91 Å². The maximum absolute atomic E-state index is 12.2. The molecule has 0 aromatic heterocycles. The van der Waals surface area contributed by atoms with E-state index in [1.54, 1.807) is 6.08 Å². The lowest BCUT2D eigenvalue weighted by Crippen LogP contribution is -2.33. The maximum atomic E-state index is 12.2. The number of benzene rings is 1. The van der Waals surface area contributed by atoms with Gasteiger partial charge < -0.3 is 14.8 Å². The summed E-state index contributed by atoms with van der Waals surface area (Å²) in [6.07, 6.45) is 9.73. The summed E-state index contributed by atoms with van der Waals surface area (Å²) in [5, 5.41) is 14.1. The third-order valence-corrected chi connectivity index (χ3v) is 4.55. The summed E-state index contributed by atoms with van der Waals surface area (Å²) in [7, 11) is 0.